The molecule has 1 saturated heterocycles. The molecule has 7 nitrogen and oxygen atoms in total. The van der Waals surface area contributed by atoms with Gasteiger partial charge in [-0.25, -0.2) is 0 Å². The molecule has 0 amide bonds. The second-order valence-corrected chi connectivity index (χ2v) is 9.21. The number of rotatable bonds is 8. The second-order valence-electron chi connectivity index (χ2n) is 9.21. The quantitative estimate of drug-likeness (QED) is 0.369. The maximum atomic E-state index is 9.25. The van der Waals surface area contributed by atoms with E-state index in [4.69, 9.17) is 9.47 Å². The molecule has 1 aliphatic rings. The molecule has 0 saturated carbocycles. The minimum Gasteiger partial charge on any atom is -0.497 e. The summed E-state index contributed by atoms with van der Waals surface area (Å²) < 4.78 is 10.8. The highest BCUT2D eigenvalue weighted by Gasteiger charge is 2.21. The van der Waals surface area contributed by atoms with Crippen molar-refractivity contribution >= 4 is 16.6 Å². The van der Waals surface area contributed by atoms with Crippen molar-refractivity contribution < 1.29 is 14.6 Å². The molecule has 0 spiro atoms. The first-order valence-corrected chi connectivity index (χ1v) is 12.3. The molecule has 1 aliphatic heterocycles. The summed E-state index contributed by atoms with van der Waals surface area (Å²) in [5, 5.41) is 24.2. The summed E-state index contributed by atoms with van der Waals surface area (Å²) >= 11 is 0. The lowest BCUT2D eigenvalue weighted by molar-refractivity contribution is 0.211. The summed E-state index contributed by atoms with van der Waals surface area (Å²) in [5.41, 5.74) is 4.05. The van der Waals surface area contributed by atoms with Gasteiger partial charge in [-0.3, -0.25) is 4.90 Å². The van der Waals surface area contributed by atoms with Crippen LogP contribution >= 0.6 is 0 Å². The standard InChI is InChI=1S/C29H32N4O3/c1-35-24-9-7-22(8-10-24)28-26-12-11-25(36-2)17-27(26)29(32-31-28)30-23-13-15-33(16-14-23)18-20-3-5-21(19-34)6-4-20/h3-12,17,23,34H,13-16,18-19H2,1-2H3,(H,30,32). The minimum absolute atomic E-state index is 0.0852. The Hall–Kier alpha value is -3.68. The highest BCUT2D eigenvalue weighted by molar-refractivity contribution is 6.00. The molecule has 7 heteroatoms. The molecular formula is C29H32N4O3. The first-order valence-electron chi connectivity index (χ1n) is 12.3. The SMILES string of the molecule is COc1ccc(-c2nnc(NC3CCN(Cc4ccc(CO)cc4)CC3)c3cc(OC)ccc23)cc1. The fourth-order valence-corrected chi connectivity index (χ4v) is 4.77. The average molecular weight is 485 g/mol. The summed E-state index contributed by atoms with van der Waals surface area (Å²) in [6.07, 6.45) is 2.06. The van der Waals surface area contributed by atoms with Crippen LogP contribution in [0.25, 0.3) is 22.0 Å². The molecule has 3 aromatic carbocycles. The van der Waals surface area contributed by atoms with E-state index in [2.05, 4.69) is 38.6 Å². The van der Waals surface area contributed by atoms with E-state index in [9.17, 15) is 5.11 Å². The van der Waals surface area contributed by atoms with E-state index in [1.807, 2.05) is 48.5 Å². The third-order valence-corrected chi connectivity index (χ3v) is 6.89. The number of hydrogen-bond acceptors (Lipinski definition) is 7. The fraction of sp³-hybridized carbons (Fsp3) is 0.310. The van der Waals surface area contributed by atoms with Gasteiger partial charge in [0.25, 0.3) is 0 Å². The second kappa shape index (κ2) is 10.9. The molecule has 1 aromatic heterocycles. The molecule has 0 unspecified atom stereocenters. The van der Waals surface area contributed by atoms with Crippen LogP contribution in [0.4, 0.5) is 5.82 Å². The van der Waals surface area contributed by atoms with Crippen LogP contribution in [0.3, 0.4) is 0 Å². The maximum absolute atomic E-state index is 9.25. The Bertz CT molecular complexity index is 1300. The Morgan fingerprint density at radius 3 is 2.17 bits per heavy atom. The number of methoxy groups -OCH3 is 2. The third kappa shape index (κ3) is 5.27. The van der Waals surface area contributed by atoms with Gasteiger partial charge in [0.15, 0.2) is 5.82 Å². The Kier molecular flexibility index (Phi) is 7.30. The lowest BCUT2D eigenvalue weighted by Crippen LogP contribution is -2.38. The summed E-state index contributed by atoms with van der Waals surface area (Å²) in [4.78, 5) is 2.48. The molecule has 2 N–H and O–H groups in total. The van der Waals surface area contributed by atoms with Crippen LogP contribution in [-0.4, -0.2) is 53.6 Å². The number of ether oxygens (including phenoxy) is 2. The van der Waals surface area contributed by atoms with E-state index in [1.54, 1.807) is 14.2 Å². The number of hydrogen-bond donors (Lipinski definition) is 2. The first-order chi connectivity index (χ1) is 17.7. The van der Waals surface area contributed by atoms with Crippen molar-refractivity contribution in [3.8, 4) is 22.8 Å². The van der Waals surface area contributed by atoms with E-state index in [0.29, 0.717) is 6.04 Å². The molecule has 5 rings (SSSR count). The van der Waals surface area contributed by atoms with Crippen molar-refractivity contribution in [2.75, 3.05) is 32.6 Å². The maximum Gasteiger partial charge on any atom is 0.156 e. The van der Waals surface area contributed by atoms with E-state index in [-0.39, 0.29) is 6.61 Å². The zero-order chi connectivity index (χ0) is 24.9. The first kappa shape index (κ1) is 24.0. The van der Waals surface area contributed by atoms with Crippen molar-refractivity contribution in [1.82, 2.24) is 15.1 Å². The molecule has 1 fully saturated rings. The topological polar surface area (TPSA) is 79.7 Å². The van der Waals surface area contributed by atoms with Crippen molar-refractivity contribution in [3.63, 3.8) is 0 Å². The largest absolute Gasteiger partial charge is 0.497 e. The molecule has 0 aliphatic carbocycles. The Balaban J connectivity index is 1.32. The normalized spacial score (nSPS) is 14.6. The van der Waals surface area contributed by atoms with Crippen LogP contribution in [0, 0.1) is 0 Å². The number of nitrogens with one attached hydrogen (secondary N) is 1. The lowest BCUT2D eigenvalue weighted by Gasteiger charge is -2.32. The van der Waals surface area contributed by atoms with Crippen LogP contribution in [0.5, 0.6) is 11.5 Å². The number of likely N-dealkylation sites (tertiary alicyclic amines) is 1. The van der Waals surface area contributed by atoms with Gasteiger partial charge in [0.05, 0.1) is 20.8 Å². The van der Waals surface area contributed by atoms with Gasteiger partial charge in [-0.2, -0.15) is 0 Å². The van der Waals surface area contributed by atoms with Crippen LogP contribution in [0.15, 0.2) is 66.7 Å². The number of aliphatic hydroxyl groups is 1. The van der Waals surface area contributed by atoms with E-state index >= 15 is 0 Å². The molecule has 36 heavy (non-hydrogen) atoms. The zero-order valence-electron chi connectivity index (χ0n) is 20.8. The van der Waals surface area contributed by atoms with Gasteiger partial charge in [0.2, 0.25) is 0 Å². The number of aromatic nitrogens is 2. The van der Waals surface area contributed by atoms with Crippen molar-refractivity contribution in [3.05, 3.63) is 77.9 Å². The van der Waals surface area contributed by atoms with Crippen molar-refractivity contribution in [2.45, 2.75) is 32.0 Å². The molecule has 0 atom stereocenters. The summed E-state index contributed by atoms with van der Waals surface area (Å²) in [6.45, 7) is 3.03. The zero-order valence-corrected chi connectivity index (χ0v) is 20.8. The Morgan fingerprint density at radius 1 is 0.833 bits per heavy atom. The van der Waals surface area contributed by atoms with Gasteiger partial charge in [0.1, 0.15) is 17.2 Å². The third-order valence-electron chi connectivity index (χ3n) is 6.89. The molecular weight excluding hydrogens is 452 g/mol. The van der Waals surface area contributed by atoms with Crippen LogP contribution in [0.1, 0.15) is 24.0 Å². The highest BCUT2D eigenvalue weighted by Crippen LogP contribution is 2.34. The summed E-state index contributed by atoms with van der Waals surface area (Å²) in [6, 6.07) is 22.5. The lowest BCUT2D eigenvalue weighted by atomic mass is 10.0. The number of anilines is 1. The van der Waals surface area contributed by atoms with E-state index in [1.165, 1.54) is 5.56 Å². The number of nitrogens with zero attached hydrogens (tertiary/aromatic N) is 3. The predicted molar refractivity (Wildman–Crippen MR) is 142 cm³/mol. The molecule has 0 bridgehead atoms. The summed E-state index contributed by atoms with van der Waals surface area (Å²) in [7, 11) is 3.34. The van der Waals surface area contributed by atoms with Crippen molar-refractivity contribution in [1.29, 1.82) is 0 Å². The van der Waals surface area contributed by atoms with Crippen molar-refractivity contribution in [2.24, 2.45) is 0 Å². The number of fused-ring (bicyclic) bond motifs is 1. The smallest absolute Gasteiger partial charge is 0.156 e. The number of aliphatic hydroxyl groups excluding tert-OH is 1. The molecule has 186 valence electrons. The van der Waals surface area contributed by atoms with E-state index in [0.717, 1.165) is 77.4 Å². The van der Waals surface area contributed by atoms with Gasteiger partial charge < -0.3 is 19.9 Å². The minimum atomic E-state index is 0.0852. The molecule has 4 aromatic rings. The Labute approximate surface area is 211 Å². The van der Waals surface area contributed by atoms with Gasteiger partial charge in [0, 0.05) is 42.0 Å². The summed E-state index contributed by atoms with van der Waals surface area (Å²) in [5.74, 6) is 2.39. The number of benzene rings is 3. The number of piperidine rings is 1. The van der Waals surface area contributed by atoms with Crippen LogP contribution in [-0.2, 0) is 13.2 Å². The fourth-order valence-electron chi connectivity index (χ4n) is 4.77. The van der Waals surface area contributed by atoms with Crippen LogP contribution < -0.4 is 14.8 Å². The Morgan fingerprint density at radius 2 is 1.50 bits per heavy atom. The predicted octanol–water partition coefficient (Wildman–Crippen LogP) is 4.88. The van der Waals surface area contributed by atoms with Crippen LogP contribution in [0.2, 0.25) is 0 Å². The highest BCUT2D eigenvalue weighted by atomic mass is 16.5. The monoisotopic (exact) mass is 484 g/mol. The van der Waals surface area contributed by atoms with Gasteiger partial charge >= 0.3 is 0 Å². The molecule has 0 radical (unpaired) electrons. The van der Waals surface area contributed by atoms with E-state index < -0.39 is 0 Å². The van der Waals surface area contributed by atoms with Gasteiger partial charge in [-0.15, -0.1) is 10.2 Å². The molecule has 2 heterocycles. The van der Waals surface area contributed by atoms with Gasteiger partial charge in [-0.1, -0.05) is 24.3 Å². The van der Waals surface area contributed by atoms with Gasteiger partial charge in [-0.05, 0) is 66.4 Å². The average Bonchev–Trinajstić information content (AvgIpc) is 2.94.